The Bertz CT molecular complexity index is 1050. The van der Waals surface area contributed by atoms with Crippen molar-refractivity contribution in [3.63, 3.8) is 0 Å². The molecule has 0 fully saturated rings. The fourth-order valence-electron chi connectivity index (χ4n) is 2.44. The summed E-state index contributed by atoms with van der Waals surface area (Å²) in [6.45, 7) is 0.563. The molecule has 1 amide bonds. The third-order valence-corrected chi connectivity index (χ3v) is 6.82. The second-order valence-electron chi connectivity index (χ2n) is 5.41. The van der Waals surface area contributed by atoms with E-state index in [1.165, 1.54) is 23.1 Å². The Morgan fingerprint density at radius 3 is 2.88 bits per heavy atom. The van der Waals surface area contributed by atoms with Gasteiger partial charge in [0.25, 0.3) is 0 Å². The lowest BCUT2D eigenvalue weighted by Crippen LogP contribution is -2.27. The summed E-state index contributed by atoms with van der Waals surface area (Å²) in [5.74, 6) is 0.367. The van der Waals surface area contributed by atoms with Gasteiger partial charge < -0.3 is 4.90 Å². The molecule has 0 aliphatic carbocycles. The fraction of sp³-hybridized carbons (Fsp3) is 0.188. The van der Waals surface area contributed by atoms with Crippen molar-refractivity contribution in [2.24, 2.45) is 0 Å². The van der Waals surface area contributed by atoms with Crippen LogP contribution in [-0.4, -0.2) is 38.2 Å². The number of halogens is 1. The number of carbonyl (C=O) groups excluding carboxylic acids is 1. The molecule has 0 N–H and O–H groups in total. The van der Waals surface area contributed by atoms with Crippen LogP contribution in [0.5, 0.6) is 0 Å². The van der Waals surface area contributed by atoms with Crippen LogP contribution >= 0.6 is 46.0 Å². The minimum Gasteiger partial charge on any atom is -0.340 e. The predicted octanol–water partition coefficient (Wildman–Crippen LogP) is 4.41. The van der Waals surface area contributed by atoms with Crippen LogP contribution in [0.3, 0.4) is 0 Å². The molecule has 5 nitrogen and oxygen atoms in total. The maximum atomic E-state index is 12.4. The number of thiazole rings is 1. The molecule has 1 aromatic carbocycles. The molecule has 0 aliphatic heterocycles. The molecule has 0 unspecified atom stereocenters. The summed E-state index contributed by atoms with van der Waals surface area (Å²) in [6, 6.07) is 11.9. The van der Waals surface area contributed by atoms with Crippen LogP contribution in [0.4, 0.5) is 0 Å². The van der Waals surface area contributed by atoms with Crippen molar-refractivity contribution in [3.8, 4) is 0 Å². The first-order valence-electron chi connectivity index (χ1n) is 7.45. The van der Waals surface area contributed by atoms with Gasteiger partial charge in [-0.3, -0.25) is 9.20 Å². The third-order valence-electron chi connectivity index (χ3n) is 3.68. The lowest BCUT2D eigenvalue weighted by molar-refractivity contribution is -0.127. The van der Waals surface area contributed by atoms with Crippen LogP contribution < -0.4 is 0 Å². The van der Waals surface area contributed by atoms with Crippen molar-refractivity contribution in [1.82, 2.24) is 19.5 Å². The summed E-state index contributed by atoms with van der Waals surface area (Å²) >= 11 is 10.4. The molecule has 4 aromatic rings. The fourth-order valence-corrected chi connectivity index (χ4v) is 5.49. The van der Waals surface area contributed by atoms with Gasteiger partial charge >= 0.3 is 0 Å². The monoisotopic (exact) mass is 408 g/mol. The van der Waals surface area contributed by atoms with Gasteiger partial charge in [-0.15, -0.1) is 21.5 Å². The Hall–Kier alpha value is -1.61. The second kappa shape index (κ2) is 6.95. The number of rotatable bonds is 5. The summed E-state index contributed by atoms with van der Waals surface area (Å²) < 4.78 is 3.91. The molecule has 0 bridgehead atoms. The average Bonchev–Trinajstić information content (AvgIpc) is 3.28. The molecule has 25 heavy (non-hydrogen) atoms. The number of para-hydroxylation sites is 1. The number of benzene rings is 1. The van der Waals surface area contributed by atoms with Crippen LogP contribution in [0.25, 0.3) is 15.2 Å². The van der Waals surface area contributed by atoms with E-state index < -0.39 is 0 Å². The van der Waals surface area contributed by atoms with Gasteiger partial charge in [0, 0.05) is 11.9 Å². The van der Waals surface area contributed by atoms with Gasteiger partial charge in [-0.25, -0.2) is 0 Å². The summed E-state index contributed by atoms with van der Waals surface area (Å²) in [7, 11) is 1.80. The first-order valence-corrected chi connectivity index (χ1v) is 10.4. The lowest BCUT2D eigenvalue weighted by atomic mass is 10.3. The number of hydrogen-bond donors (Lipinski definition) is 0. The number of thiophene rings is 1. The highest BCUT2D eigenvalue weighted by atomic mass is 35.5. The Kier molecular flexibility index (Phi) is 4.68. The van der Waals surface area contributed by atoms with E-state index in [0.29, 0.717) is 12.3 Å². The van der Waals surface area contributed by atoms with E-state index in [1.54, 1.807) is 23.3 Å². The minimum absolute atomic E-state index is 0.0470. The molecule has 128 valence electrons. The van der Waals surface area contributed by atoms with Gasteiger partial charge in [0.05, 0.1) is 26.9 Å². The number of thioether (sulfide) groups is 1. The molecule has 9 heteroatoms. The van der Waals surface area contributed by atoms with E-state index in [4.69, 9.17) is 11.6 Å². The predicted molar refractivity (Wildman–Crippen MR) is 105 cm³/mol. The van der Waals surface area contributed by atoms with Crippen molar-refractivity contribution in [1.29, 1.82) is 0 Å². The molecular weight excluding hydrogens is 396 g/mol. The van der Waals surface area contributed by atoms with Gasteiger partial charge in [-0.2, -0.15) is 0 Å². The summed E-state index contributed by atoms with van der Waals surface area (Å²) in [4.78, 5) is 16.0. The van der Waals surface area contributed by atoms with Crippen LogP contribution in [0.2, 0.25) is 4.34 Å². The quantitative estimate of drug-likeness (QED) is 0.459. The topological polar surface area (TPSA) is 50.5 Å². The zero-order valence-corrected chi connectivity index (χ0v) is 16.4. The smallest absolute Gasteiger partial charge is 0.233 e. The maximum absolute atomic E-state index is 12.4. The Labute approximate surface area is 161 Å². The minimum atomic E-state index is 0.0470. The molecule has 0 spiro atoms. The summed E-state index contributed by atoms with van der Waals surface area (Å²) in [5, 5.41) is 9.19. The second-order valence-corrected chi connectivity index (χ2v) is 9.17. The van der Waals surface area contributed by atoms with Crippen LogP contribution in [0.15, 0.2) is 41.6 Å². The Morgan fingerprint density at radius 1 is 1.24 bits per heavy atom. The summed E-state index contributed by atoms with van der Waals surface area (Å²) in [6.07, 6.45) is 0. The molecule has 3 aromatic heterocycles. The third kappa shape index (κ3) is 3.39. The zero-order chi connectivity index (χ0) is 17.4. The number of aromatic nitrogens is 3. The summed E-state index contributed by atoms with van der Waals surface area (Å²) in [5.41, 5.74) is 1.07. The van der Waals surface area contributed by atoms with Crippen molar-refractivity contribution in [2.75, 3.05) is 12.8 Å². The highest BCUT2D eigenvalue weighted by Crippen LogP contribution is 2.29. The van der Waals surface area contributed by atoms with Crippen LogP contribution in [0.1, 0.15) is 4.88 Å². The van der Waals surface area contributed by atoms with E-state index in [0.717, 1.165) is 29.5 Å². The molecule has 4 rings (SSSR count). The number of carbonyl (C=O) groups is 1. The van der Waals surface area contributed by atoms with Crippen molar-refractivity contribution < 1.29 is 4.79 Å². The van der Waals surface area contributed by atoms with Crippen molar-refractivity contribution in [3.05, 3.63) is 45.6 Å². The first-order chi connectivity index (χ1) is 12.1. The standard InChI is InChI=1S/C16H13ClN4OS3/c1-20(8-10-6-7-13(17)24-10)14(22)9-23-15-18-19-16-21(15)11-4-2-3-5-12(11)25-16/h2-7H,8-9H2,1H3. The zero-order valence-electron chi connectivity index (χ0n) is 13.2. The Balaban J connectivity index is 1.47. The molecular formula is C16H13ClN4OS3. The van der Waals surface area contributed by atoms with E-state index in [9.17, 15) is 4.79 Å². The van der Waals surface area contributed by atoms with Crippen molar-refractivity contribution in [2.45, 2.75) is 11.7 Å². The largest absolute Gasteiger partial charge is 0.340 e. The maximum Gasteiger partial charge on any atom is 0.233 e. The average molecular weight is 409 g/mol. The number of fused-ring (bicyclic) bond motifs is 3. The highest BCUT2D eigenvalue weighted by Gasteiger charge is 2.16. The van der Waals surface area contributed by atoms with Crippen molar-refractivity contribution >= 4 is 67.1 Å². The number of hydrogen-bond acceptors (Lipinski definition) is 6. The van der Waals surface area contributed by atoms with E-state index in [-0.39, 0.29) is 5.91 Å². The number of nitrogens with zero attached hydrogens (tertiary/aromatic N) is 4. The van der Waals surface area contributed by atoms with Gasteiger partial charge in [0.2, 0.25) is 10.9 Å². The molecule has 0 radical (unpaired) electrons. The SMILES string of the molecule is CN(Cc1ccc(Cl)s1)C(=O)CSc1nnc2sc3ccccc3n12. The normalized spacial score (nSPS) is 11.4. The van der Waals surface area contributed by atoms with E-state index in [1.807, 2.05) is 34.7 Å². The van der Waals surface area contributed by atoms with Gasteiger partial charge in [-0.1, -0.05) is 46.8 Å². The van der Waals surface area contributed by atoms with E-state index in [2.05, 4.69) is 16.3 Å². The Morgan fingerprint density at radius 2 is 2.08 bits per heavy atom. The molecule has 0 saturated heterocycles. The van der Waals surface area contributed by atoms with Gasteiger partial charge in [-0.05, 0) is 24.3 Å². The van der Waals surface area contributed by atoms with Gasteiger partial charge in [0.15, 0.2) is 5.16 Å². The number of amides is 1. The van der Waals surface area contributed by atoms with E-state index >= 15 is 0 Å². The molecule has 3 heterocycles. The molecule has 0 aliphatic rings. The van der Waals surface area contributed by atoms with Crippen LogP contribution in [-0.2, 0) is 11.3 Å². The molecule has 0 atom stereocenters. The first kappa shape index (κ1) is 16.8. The van der Waals surface area contributed by atoms with Crippen LogP contribution in [0, 0.1) is 0 Å². The highest BCUT2D eigenvalue weighted by molar-refractivity contribution is 7.99. The molecule has 0 saturated carbocycles. The van der Waals surface area contributed by atoms with Gasteiger partial charge in [0.1, 0.15) is 0 Å². The lowest BCUT2D eigenvalue weighted by Gasteiger charge is -2.15.